The fourth-order valence-electron chi connectivity index (χ4n) is 4.01. The molecule has 2 amide bonds. The normalized spacial score (nSPS) is 13.6. The van der Waals surface area contributed by atoms with Crippen LogP contribution in [-0.2, 0) is 16.2 Å². The van der Waals surface area contributed by atoms with Gasteiger partial charge in [-0.3, -0.25) is 19.4 Å². The van der Waals surface area contributed by atoms with Gasteiger partial charge in [0.05, 0.1) is 11.4 Å². The average Bonchev–Trinajstić information content (AvgIpc) is 2.92. The molecule has 0 aromatic heterocycles. The fourth-order valence-corrected chi connectivity index (χ4v) is 4.60. The molecular weight excluding hydrogens is 504 g/mol. The number of hydrogen-bond acceptors (Lipinski definition) is 4. The zero-order chi connectivity index (χ0) is 25.8. The fraction of sp³-hybridized carbons (Fsp3) is 0.0333. The van der Waals surface area contributed by atoms with Crippen LogP contribution in [0.5, 0.6) is 5.75 Å². The lowest BCUT2D eigenvalue weighted by atomic mass is 10.0. The van der Waals surface area contributed by atoms with Crippen molar-refractivity contribution in [1.29, 1.82) is 0 Å². The maximum Gasteiger partial charge on any atom is 0.270 e. The molecule has 0 radical (unpaired) electrons. The molecule has 0 saturated carbocycles. The lowest BCUT2D eigenvalue weighted by Crippen LogP contribution is -2.56. The van der Waals surface area contributed by atoms with Crippen LogP contribution in [0.15, 0.2) is 115 Å². The van der Waals surface area contributed by atoms with Crippen molar-refractivity contribution in [1.82, 2.24) is 0 Å². The maximum atomic E-state index is 13.7. The Hall–Kier alpha value is -4.26. The van der Waals surface area contributed by atoms with Gasteiger partial charge in [-0.15, -0.1) is 0 Å². The van der Waals surface area contributed by atoms with Crippen molar-refractivity contribution >= 4 is 58.2 Å². The van der Waals surface area contributed by atoms with Gasteiger partial charge in [0.2, 0.25) is 0 Å². The highest BCUT2D eigenvalue weighted by molar-refractivity contribution is 7.81. The van der Waals surface area contributed by atoms with Crippen LogP contribution < -0.4 is 14.5 Å². The van der Waals surface area contributed by atoms with Gasteiger partial charge < -0.3 is 4.74 Å². The minimum Gasteiger partial charge on any atom is -0.488 e. The summed E-state index contributed by atoms with van der Waals surface area (Å²) in [5.74, 6) is -0.475. The van der Waals surface area contributed by atoms with Crippen LogP contribution in [0.1, 0.15) is 11.1 Å². The zero-order valence-corrected chi connectivity index (χ0v) is 21.2. The Balaban J connectivity index is 1.55. The Morgan fingerprint density at radius 3 is 1.89 bits per heavy atom. The van der Waals surface area contributed by atoms with Gasteiger partial charge in [0.25, 0.3) is 11.8 Å². The molecule has 1 heterocycles. The number of ether oxygens (including phenoxy) is 1. The summed E-state index contributed by atoms with van der Waals surface area (Å²) in [4.78, 5) is 30.2. The summed E-state index contributed by atoms with van der Waals surface area (Å²) in [5.41, 5.74) is 2.61. The predicted octanol–water partition coefficient (Wildman–Crippen LogP) is 6.67. The van der Waals surface area contributed by atoms with Gasteiger partial charge in [0.1, 0.15) is 17.9 Å². The number of amides is 2. The van der Waals surface area contributed by atoms with E-state index in [9.17, 15) is 9.59 Å². The van der Waals surface area contributed by atoms with Gasteiger partial charge in [-0.2, -0.15) is 0 Å². The second-order valence-corrected chi connectivity index (χ2v) is 9.05. The summed E-state index contributed by atoms with van der Waals surface area (Å²) in [6, 6.07) is 32.7. The van der Waals surface area contributed by atoms with E-state index in [1.807, 2.05) is 66.7 Å². The minimum atomic E-state index is -0.502. The first-order chi connectivity index (χ1) is 18.0. The summed E-state index contributed by atoms with van der Waals surface area (Å²) in [6.07, 6.45) is 1.56. The third-order valence-electron chi connectivity index (χ3n) is 5.78. The number of benzene rings is 4. The second-order valence-electron chi connectivity index (χ2n) is 8.25. The van der Waals surface area contributed by atoms with Crippen LogP contribution in [0, 0.1) is 0 Å². The SMILES string of the molecule is O=C1C(=Cc2ccccc2OCc2cccc(Cl)c2)C(=O)N(c2ccccc2)C(=S)N1c1ccccc1. The van der Waals surface area contributed by atoms with E-state index in [1.54, 1.807) is 48.5 Å². The van der Waals surface area contributed by atoms with Crippen molar-refractivity contribution in [3.05, 3.63) is 131 Å². The molecule has 4 aromatic carbocycles. The van der Waals surface area contributed by atoms with Crippen molar-refractivity contribution < 1.29 is 14.3 Å². The van der Waals surface area contributed by atoms with E-state index in [1.165, 1.54) is 9.80 Å². The smallest absolute Gasteiger partial charge is 0.270 e. The number of rotatable bonds is 6. The monoisotopic (exact) mass is 524 g/mol. The first-order valence-corrected chi connectivity index (χ1v) is 12.3. The van der Waals surface area contributed by atoms with E-state index in [2.05, 4.69) is 0 Å². The number of para-hydroxylation sites is 3. The number of anilines is 2. The number of carbonyl (C=O) groups is 2. The predicted molar refractivity (Wildman–Crippen MR) is 151 cm³/mol. The van der Waals surface area contributed by atoms with E-state index < -0.39 is 11.8 Å². The molecule has 0 unspecified atom stereocenters. The van der Waals surface area contributed by atoms with E-state index in [4.69, 9.17) is 28.6 Å². The number of thiocarbonyl (C=S) groups is 1. The molecule has 0 aliphatic carbocycles. The summed E-state index contributed by atoms with van der Waals surface area (Å²) in [6.45, 7) is 0.277. The molecule has 5 rings (SSSR count). The topological polar surface area (TPSA) is 49.9 Å². The van der Waals surface area contributed by atoms with Crippen LogP contribution in [0.4, 0.5) is 11.4 Å². The van der Waals surface area contributed by atoms with Crippen LogP contribution in [0.2, 0.25) is 5.02 Å². The Morgan fingerprint density at radius 1 is 0.730 bits per heavy atom. The largest absolute Gasteiger partial charge is 0.488 e. The standard InChI is InChI=1S/C30H21ClN2O3S/c31-23-12-9-10-21(18-23)20-36-27-17-8-7-11-22(27)19-26-28(34)32(24-13-3-1-4-14-24)30(37)33(29(26)35)25-15-5-2-6-16-25/h1-19H,20H2. The number of halogens is 1. The lowest BCUT2D eigenvalue weighted by Gasteiger charge is -2.36. The summed E-state index contributed by atoms with van der Waals surface area (Å²) in [5, 5.41) is 0.711. The van der Waals surface area contributed by atoms with E-state index in [-0.39, 0.29) is 17.3 Å². The maximum absolute atomic E-state index is 13.7. The van der Waals surface area contributed by atoms with Crippen LogP contribution >= 0.6 is 23.8 Å². The van der Waals surface area contributed by atoms with Crippen molar-refractivity contribution in [2.45, 2.75) is 6.61 Å². The van der Waals surface area contributed by atoms with E-state index >= 15 is 0 Å². The molecular formula is C30H21ClN2O3S. The molecule has 1 fully saturated rings. The van der Waals surface area contributed by atoms with Gasteiger partial charge in [-0.05, 0) is 66.3 Å². The lowest BCUT2D eigenvalue weighted by molar-refractivity contribution is -0.120. The van der Waals surface area contributed by atoms with Gasteiger partial charge in [0, 0.05) is 10.6 Å². The average molecular weight is 525 g/mol. The molecule has 7 heteroatoms. The quantitative estimate of drug-likeness (QED) is 0.161. The Labute approximate surface area is 225 Å². The molecule has 0 N–H and O–H groups in total. The van der Waals surface area contributed by atoms with Gasteiger partial charge in [0.15, 0.2) is 5.11 Å². The number of carbonyl (C=O) groups excluding carboxylic acids is 2. The third kappa shape index (κ3) is 5.16. The van der Waals surface area contributed by atoms with E-state index in [0.29, 0.717) is 27.7 Å². The zero-order valence-electron chi connectivity index (χ0n) is 19.6. The van der Waals surface area contributed by atoms with Crippen molar-refractivity contribution in [3.8, 4) is 5.75 Å². The van der Waals surface area contributed by atoms with Crippen LogP contribution in [0.3, 0.4) is 0 Å². The molecule has 4 aromatic rings. The minimum absolute atomic E-state index is 0.0277. The summed E-state index contributed by atoms with van der Waals surface area (Å²) >= 11 is 11.8. The van der Waals surface area contributed by atoms with Gasteiger partial charge in [-0.25, -0.2) is 0 Å². The number of nitrogens with zero attached hydrogens (tertiary/aromatic N) is 2. The molecule has 1 aliphatic rings. The van der Waals surface area contributed by atoms with Gasteiger partial charge >= 0.3 is 0 Å². The molecule has 0 bridgehead atoms. The molecule has 1 saturated heterocycles. The second kappa shape index (κ2) is 10.8. The Bertz CT molecular complexity index is 1440. The summed E-state index contributed by atoms with van der Waals surface area (Å²) < 4.78 is 6.06. The first-order valence-electron chi connectivity index (χ1n) is 11.5. The Kier molecular flexibility index (Phi) is 7.12. The highest BCUT2D eigenvalue weighted by Gasteiger charge is 2.41. The first kappa shape index (κ1) is 24.4. The highest BCUT2D eigenvalue weighted by Crippen LogP contribution is 2.31. The molecule has 182 valence electrons. The van der Waals surface area contributed by atoms with Crippen molar-refractivity contribution in [2.75, 3.05) is 9.80 Å². The molecule has 37 heavy (non-hydrogen) atoms. The van der Waals surface area contributed by atoms with Crippen LogP contribution in [0.25, 0.3) is 6.08 Å². The van der Waals surface area contributed by atoms with Crippen LogP contribution in [-0.4, -0.2) is 16.9 Å². The Morgan fingerprint density at radius 2 is 1.30 bits per heavy atom. The molecule has 0 spiro atoms. The van der Waals surface area contributed by atoms with E-state index in [0.717, 1.165) is 5.56 Å². The molecule has 1 aliphatic heterocycles. The third-order valence-corrected chi connectivity index (χ3v) is 6.38. The highest BCUT2D eigenvalue weighted by atomic mass is 35.5. The van der Waals surface area contributed by atoms with Crippen molar-refractivity contribution in [2.24, 2.45) is 0 Å². The number of hydrogen-bond donors (Lipinski definition) is 0. The van der Waals surface area contributed by atoms with Gasteiger partial charge in [-0.1, -0.05) is 78.3 Å². The van der Waals surface area contributed by atoms with Crippen molar-refractivity contribution in [3.63, 3.8) is 0 Å². The molecule has 5 nitrogen and oxygen atoms in total. The molecule has 0 atom stereocenters. The summed E-state index contributed by atoms with van der Waals surface area (Å²) in [7, 11) is 0.